The smallest absolute Gasteiger partial charge is 0.237 e. The van der Waals surface area contributed by atoms with Crippen molar-refractivity contribution >= 4 is 5.91 Å². The molecule has 2 unspecified atom stereocenters. The number of nitrogens with one attached hydrogen (secondary N) is 2. The normalized spacial score (nSPS) is 24.2. The molecule has 0 aliphatic carbocycles. The minimum atomic E-state index is -0.393. The van der Waals surface area contributed by atoms with Gasteiger partial charge >= 0.3 is 0 Å². The van der Waals surface area contributed by atoms with Crippen molar-refractivity contribution in [1.82, 2.24) is 15.5 Å². The van der Waals surface area contributed by atoms with Gasteiger partial charge in [0.15, 0.2) is 0 Å². The monoisotopic (exact) mass is 245 g/mol. The first-order valence-corrected chi connectivity index (χ1v) is 6.00. The minimum absolute atomic E-state index is 0.0262. The molecule has 0 spiro atoms. The van der Waals surface area contributed by atoms with E-state index >= 15 is 0 Å². The van der Waals surface area contributed by atoms with Gasteiger partial charge in [-0.25, -0.2) is 0 Å². The van der Waals surface area contributed by atoms with E-state index in [0.29, 0.717) is 26.1 Å². The van der Waals surface area contributed by atoms with Crippen LogP contribution in [0, 0.1) is 0 Å². The van der Waals surface area contributed by atoms with Crippen molar-refractivity contribution in [1.29, 1.82) is 0 Å². The van der Waals surface area contributed by atoms with Gasteiger partial charge in [0.2, 0.25) is 5.91 Å². The number of carbonyl (C=O) groups excluding carboxylic acids is 1. The summed E-state index contributed by atoms with van der Waals surface area (Å²) in [6.45, 7) is 3.47. The number of hydrogen-bond acceptors (Lipinski definition) is 5. The van der Waals surface area contributed by atoms with Crippen LogP contribution in [0.5, 0.6) is 0 Å². The van der Waals surface area contributed by atoms with Crippen LogP contribution in [0.3, 0.4) is 0 Å². The summed E-state index contributed by atoms with van der Waals surface area (Å²) in [5.74, 6) is -0.0262. The quantitative estimate of drug-likeness (QED) is 0.504. The molecule has 0 bridgehead atoms. The Bertz CT molecular complexity index is 238. The van der Waals surface area contributed by atoms with Gasteiger partial charge in [-0.2, -0.15) is 0 Å². The van der Waals surface area contributed by atoms with Crippen LogP contribution >= 0.6 is 0 Å². The number of aliphatic hydroxyl groups is 1. The lowest BCUT2D eigenvalue weighted by atomic mass is 10.2. The second kappa shape index (κ2) is 7.60. The van der Waals surface area contributed by atoms with Crippen molar-refractivity contribution in [3.05, 3.63) is 0 Å². The molecule has 0 aromatic heterocycles. The molecule has 1 saturated heterocycles. The summed E-state index contributed by atoms with van der Waals surface area (Å²) in [6, 6.07) is -0.241. The molecule has 1 heterocycles. The number of hydrogen-bond donors (Lipinski definition) is 3. The van der Waals surface area contributed by atoms with Crippen LogP contribution in [0.25, 0.3) is 0 Å². The molecule has 17 heavy (non-hydrogen) atoms. The van der Waals surface area contributed by atoms with Crippen molar-refractivity contribution in [2.45, 2.75) is 18.6 Å². The highest BCUT2D eigenvalue weighted by Crippen LogP contribution is 2.05. The Balaban J connectivity index is 2.07. The summed E-state index contributed by atoms with van der Waals surface area (Å²) in [5, 5.41) is 15.1. The van der Waals surface area contributed by atoms with Gasteiger partial charge in [0.1, 0.15) is 0 Å². The second-order valence-electron chi connectivity index (χ2n) is 4.44. The van der Waals surface area contributed by atoms with E-state index in [1.54, 1.807) is 7.11 Å². The van der Waals surface area contributed by atoms with E-state index in [-0.39, 0.29) is 11.9 Å². The van der Waals surface area contributed by atoms with E-state index in [1.807, 2.05) is 7.05 Å². The highest BCUT2D eigenvalue weighted by molar-refractivity contribution is 5.82. The summed E-state index contributed by atoms with van der Waals surface area (Å²) in [6.07, 6.45) is 0.112. The van der Waals surface area contributed by atoms with E-state index in [9.17, 15) is 9.90 Å². The maximum Gasteiger partial charge on any atom is 0.237 e. The average molecular weight is 245 g/mol. The molecule has 1 fully saturated rings. The minimum Gasteiger partial charge on any atom is -0.392 e. The first kappa shape index (κ1) is 14.4. The first-order chi connectivity index (χ1) is 8.13. The molecule has 6 heteroatoms. The number of methoxy groups -OCH3 is 1. The van der Waals surface area contributed by atoms with Crippen molar-refractivity contribution < 1.29 is 14.6 Å². The van der Waals surface area contributed by atoms with Gasteiger partial charge in [-0.05, 0) is 13.5 Å². The van der Waals surface area contributed by atoms with Crippen LogP contribution in [0.2, 0.25) is 0 Å². The Morgan fingerprint density at radius 1 is 1.59 bits per heavy atom. The molecule has 1 aliphatic rings. The maximum atomic E-state index is 11.7. The Morgan fingerprint density at radius 3 is 2.94 bits per heavy atom. The first-order valence-electron chi connectivity index (χ1n) is 6.00. The Labute approximate surface area is 102 Å². The summed E-state index contributed by atoms with van der Waals surface area (Å²) in [7, 11) is 3.66. The van der Waals surface area contributed by atoms with Crippen molar-refractivity contribution in [3.63, 3.8) is 0 Å². The van der Waals surface area contributed by atoms with Gasteiger partial charge in [0, 0.05) is 33.3 Å². The van der Waals surface area contributed by atoms with Crippen LogP contribution in [-0.4, -0.2) is 75.0 Å². The van der Waals surface area contributed by atoms with E-state index in [4.69, 9.17) is 4.74 Å². The highest BCUT2D eigenvalue weighted by atomic mass is 16.5. The lowest BCUT2D eigenvalue weighted by molar-refractivity contribution is -0.122. The number of nitrogens with zero attached hydrogens (tertiary/aromatic N) is 1. The van der Waals surface area contributed by atoms with Crippen molar-refractivity contribution in [2.75, 3.05) is 46.9 Å². The molecule has 0 radical (unpaired) electrons. The molecule has 0 saturated carbocycles. The molecule has 1 amide bonds. The van der Waals surface area contributed by atoms with E-state index in [2.05, 4.69) is 15.5 Å². The summed E-state index contributed by atoms with van der Waals surface area (Å²) in [4.78, 5) is 13.8. The lowest BCUT2D eigenvalue weighted by Gasteiger charge is -2.17. The summed E-state index contributed by atoms with van der Waals surface area (Å²) >= 11 is 0. The fraction of sp³-hybridized carbons (Fsp3) is 0.909. The van der Waals surface area contributed by atoms with Crippen LogP contribution in [0.15, 0.2) is 0 Å². The molecule has 0 aromatic rings. The van der Waals surface area contributed by atoms with E-state index < -0.39 is 6.10 Å². The van der Waals surface area contributed by atoms with Crippen molar-refractivity contribution in [2.24, 2.45) is 0 Å². The van der Waals surface area contributed by atoms with Gasteiger partial charge in [-0.1, -0.05) is 0 Å². The summed E-state index contributed by atoms with van der Waals surface area (Å²) < 4.78 is 4.97. The Kier molecular flexibility index (Phi) is 6.43. The molecule has 3 N–H and O–H groups in total. The van der Waals surface area contributed by atoms with Gasteiger partial charge in [0.25, 0.3) is 0 Å². The third-order valence-electron chi connectivity index (χ3n) is 2.89. The third kappa shape index (κ3) is 5.45. The van der Waals surface area contributed by atoms with Crippen LogP contribution < -0.4 is 10.6 Å². The SMILES string of the molecule is COCCN(C)CCNC(=O)C1CC(O)CN1. The molecule has 1 aliphatic heterocycles. The predicted molar refractivity (Wildman–Crippen MR) is 64.8 cm³/mol. The fourth-order valence-electron chi connectivity index (χ4n) is 1.77. The standard InChI is InChI=1S/C11H23N3O3/c1-14(5-6-17-2)4-3-12-11(16)10-7-9(15)8-13-10/h9-10,13,15H,3-8H2,1-2H3,(H,12,16). The van der Waals surface area contributed by atoms with Crippen LogP contribution in [-0.2, 0) is 9.53 Å². The van der Waals surface area contributed by atoms with Crippen LogP contribution in [0.1, 0.15) is 6.42 Å². The second-order valence-corrected chi connectivity index (χ2v) is 4.44. The zero-order valence-electron chi connectivity index (χ0n) is 10.6. The van der Waals surface area contributed by atoms with Crippen LogP contribution in [0.4, 0.5) is 0 Å². The zero-order valence-corrected chi connectivity index (χ0v) is 10.6. The number of ether oxygens (including phenoxy) is 1. The van der Waals surface area contributed by atoms with E-state index in [0.717, 1.165) is 13.1 Å². The molecule has 100 valence electrons. The number of aliphatic hydroxyl groups excluding tert-OH is 1. The number of carbonyl (C=O) groups is 1. The predicted octanol–water partition coefficient (Wildman–Crippen LogP) is -1.60. The summed E-state index contributed by atoms with van der Waals surface area (Å²) in [5.41, 5.74) is 0. The van der Waals surface area contributed by atoms with Gasteiger partial charge < -0.3 is 25.4 Å². The Morgan fingerprint density at radius 2 is 2.35 bits per heavy atom. The average Bonchev–Trinajstić information content (AvgIpc) is 2.73. The lowest BCUT2D eigenvalue weighted by Crippen LogP contribution is -2.43. The number of likely N-dealkylation sites (N-methyl/N-ethyl adjacent to an activating group) is 1. The molecular weight excluding hydrogens is 222 g/mol. The topological polar surface area (TPSA) is 73.8 Å². The third-order valence-corrected chi connectivity index (χ3v) is 2.89. The molecule has 6 nitrogen and oxygen atoms in total. The molecule has 2 atom stereocenters. The van der Waals surface area contributed by atoms with Gasteiger partial charge in [-0.3, -0.25) is 4.79 Å². The number of amides is 1. The molecular formula is C11H23N3O3. The van der Waals surface area contributed by atoms with E-state index in [1.165, 1.54) is 0 Å². The molecule has 0 aromatic carbocycles. The fourth-order valence-corrected chi connectivity index (χ4v) is 1.77. The van der Waals surface area contributed by atoms with Crippen molar-refractivity contribution in [3.8, 4) is 0 Å². The maximum absolute atomic E-state index is 11.7. The van der Waals surface area contributed by atoms with Gasteiger partial charge in [-0.15, -0.1) is 0 Å². The number of β-amino-alcohol motifs (C(OH)–C–C–N with tert-alkyl or cyclic N) is 1. The highest BCUT2D eigenvalue weighted by Gasteiger charge is 2.27. The van der Waals surface area contributed by atoms with Gasteiger partial charge in [0.05, 0.1) is 18.8 Å². The Hall–Kier alpha value is -0.690. The largest absolute Gasteiger partial charge is 0.392 e. The zero-order chi connectivity index (χ0) is 12.7. The molecule has 1 rings (SSSR count). The number of rotatable bonds is 7.